The van der Waals surface area contributed by atoms with E-state index in [1.54, 1.807) is 4.90 Å². The Labute approximate surface area is 106 Å². The predicted molar refractivity (Wildman–Crippen MR) is 70.1 cm³/mol. The Kier molecular flexibility index (Phi) is 3.77. The molecule has 1 atom stereocenters. The number of benzene rings is 1. The number of anilines is 1. The summed E-state index contributed by atoms with van der Waals surface area (Å²) in [5, 5.41) is 2.73. The molecule has 94 valence electrons. The van der Waals surface area contributed by atoms with Crippen LogP contribution in [0.2, 0.25) is 0 Å². The average Bonchev–Trinajstić information content (AvgIpc) is 2.78. The summed E-state index contributed by atoms with van der Waals surface area (Å²) < 4.78 is 0. The van der Waals surface area contributed by atoms with Gasteiger partial charge in [0.2, 0.25) is 11.8 Å². The fourth-order valence-corrected chi connectivity index (χ4v) is 2.09. The summed E-state index contributed by atoms with van der Waals surface area (Å²) in [5.41, 5.74) is 0.917. The van der Waals surface area contributed by atoms with Crippen LogP contribution >= 0.6 is 0 Å². The largest absolute Gasteiger partial charge is 0.352 e. The van der Waals surface area contributed by atoms with Crippen LogP contribution in [-0.2, 0) is 9.59 Å². The second kappa shape index (κ2) is 5.49. The highest BCUT2D eigenvalue weighted by atomic mass is 16.2. The Bertz CT molecular complexity index is 456. The Hall–Kier alpha value is -2.10. The molecular weight excluding hydrogens is 228 g/mol. The van der Waals surface area contributed by atoms with E-state index in [1.165, 1.54) is 6.08 Å². The lowest BCUT2D eigenvalue weighted by Crippen LogP contribution is -2.30. The molecule has 1 fully saturated rings. The molecule has 1 aromatic carbocycles. The van der Waals surface area contributed by atoms with E-state index < -0.39 is 0 Å². The van der Waals surface area contributed by atoms with Crippen molar-refractivity contribution in [3.63, 3.8) is 0 Å². The van der Waals surface area contributed by atoms with Crippen molar-refractivity contribution in [1.29, 1.82) is 0 Å². The molecule has 1 unspecified atom stereocenters. The maximum Gasteiger partial charge on any atom is 0.243 e. The number of rotatable bonds is 4. The number of hydrogen-bond acceptors (Lipinski definition) is 2. The van der Waals surface area contributed by atoms with Crippen LogP contribution in [-0.4, -0.2) is 24.9 Å². The first kappa shape index (κ1) is 12.4. The van der Waals surface area contributed by atoms with E-state index >= 15 is 0 Å². The Morgan fingerprint density at radius 1 is 1.44 bits per heavy atom. The fraction of sp³-hybridized carbons (Fsp3) is 0.286. The predicted octanol–water partition coefficient (Wildman–Crippen LogP) is 1.34. The van der Waals surface area contributed by atoms with Gasteiger partial charge in [-0.05, 0) is 18.2 Å². The summed E-state index contributed by atoms with van der Waals surface area (Å²) in [5.74, 6) is 0.0845. The zero-order valence-electron chi connectivity index (χ0n) is 10.1. The van der Waals surface area contributed by atoms with Crippen LogP contribution < -0.4 is 10.2 Å². The third-order valence-corrected chi connectivity index (χ3v) is 3.02. The second-order valence-electron chi connectivity index (χ2n) is 4.36. The van der Waals surface area contributed by atoms with Gasteiger partial charge in [-0.2, -0.15) is 0 Å². The third-order valence-electron chi connectivity index (χ3n) is 3.02. The molecule has 0 saturated carbocycles. The van der Waals surface area contributed by atoms with Crippen LogP contribution in [0.5, 0.6) is 0 Å². The van der Waals surface area contributed by atoms with Crippen LogP contribution in [0.4, 0.5) is 5.69 Å². The number of nitrogens with one attached hydrogen (secondary N) is 1. The quantitative estimate of drug-likeness (QED) is 0.813. The highest BCUT2D eigenvalue weighted by molar-refractivity contribution is 5.95. The monoisotopic (exact) mass is 244 g/mol. The first-order valence-corrected chi connectivity index (χ1v) is 5.96. The lowest BCUT2D eigenvalue weighted by Gasteiger charge is -2.16. The summed E-state index contributed by atoms with van der Waals surface area (Å²) in [4.78, 5) is 24.7. The van der Waals surface area contributed by atoms with Crippen molar-refractivity contribution in [1.82, 2.24) is 5.32 Å². The lowest BCUT2D eigenvalue weighted by molar-refractivity contribution is -0.118. The maximum atomic E-state index is 11.9. The van der Waals surface area contributed by atoms with Gasteiger partial charge in [0.15, 0.2) is 0 Å². The minimum Gasteiger partial charge on any atom is -0.352 e. The number of nitrogens with zero attached hydrogens (tertiary/aromatic N) is 1. The van der Waals surface area contributed by atoms with Gasteiger partial charge in [0.1, 0.15) is 0 Å². The van der Waals surface area contributed by atoms with Crippen LogP contribution in [0.1, 0.15) is 6.42 Å². The molecule has 2 amide bonds. The standard InChI is InChI=1S/C14H16N2O2/c1-2-13(17)15-9-11-8-14(18)16(10-11)12-6-4-3-5-7-12/h2-7,11H,1,8-10H2,(H,15,17). The van der Waals surface area contributed by atoms with Crippen LogP contribution in [0.3, 0.4) is 0 Å². The highest BCUT2D eigenvalue weighted by Gasteiger charge is 2.30. The first-order valence-electron chi connectivity index (χ1n) is 5.96. The molecule has 4 nitrogen and oxygen atoms in total. The molecule has 1 aliphatic rings. The summed E-state index contributed by atoms with van der Waals surface area (Å²) in [6, 6.07) is 9.59. The maximum absolute atomic E-state index is 11.9. The van der Waals surface area contributed by atoms with Gasteiger partial charge in [0, 0.05) is 31.1 Å². The van der Waals surface area contributed by atoms with Crippen molar-refractivity contribution in [3.05, 3.63) is 43.0 Å². The minimum atomic E-state index is -0.194. The molecule has 1 heterocycles. The van der Waals surface area contributed by atoms with Gasteiger partial charge < -0.3 is 10.2 Å². The Morgan fingerprint density at radius 2 is 2.17 bits per heavy atom. The summed E-state index contributed by atoms with van der Waals surface area (Å²) in [7, 11) is 0. The van der Waals surface area contributed by atoms with E-state index in [0.717, 1.165) is 5.69 Å². The van der Waals surface area contributed by atoms with Gasteiger partial charge in [-0.25, -0.2) is 0 Å². The summed E-state index contributed by atoms with van der Waals surface area (Å²) in [6.45, 7) is 4.56. The number of amides is 2. The molecule has 0 bridgehead atoms. The number of para-hydroxylation sites is 1. The van der Waals surface area contributed by atoms with Gasteiger partial charge in [0.25, 0.3) is 0 Å². The van der Waals surface area contributed by atoms with E-state index in [0.29, 0.717) is 19.5 Å². The zero-order chi connectivity index (χ0) is 13.0. The zero-order valence-corrected chi connectivity index (χ0v) is 10.1. The Morgan fingerprint density at radius 3 is 2.83 bits per heavy atom. The van der Waals surface area contributed by atoms with Gasteiger partial charge >= 0.3 is 0 Å². The average molecular weight is 244 g/mol. The molecule has 0 spiro atoms. The van der Waals surface area contributed by atoms with Crippen molar-refractivity contribution < 1.29 is 9.59 Å². The van der Waals surface area contributed by atoms with E-state index in [1.807, 2.05) is 30.3 Å². The van der Waals surface area contributed by atoms with Crippen molar-refractivity contribution in [2.45, 2.75) is 6.42 Å². The van der Waals surface area contributed by atoms with Crippen molar-refractivity contribution in [3.8, 4) is 0 Å². The molecule has 0 aromatic heterocycles. The van der Waals surface area contributed by atoms with E-state index in [4.69, 9.17) is 0 Å². The van der Waals surface area contributed by atoms with E-state index in [9.17, 15) is 9.59 Å². The molecule has 18 heavy (non-hydrogen) atoms. The van der Waals surface area contributed by atoms with Gasteiger partial charge in [-0.3, -0.25) is 9.59 Å². The molecule has 1 N–H and O–H groups in total. The van der Waals surface area contributed by atoms with Crippen molar-refractivity contribution in [2.24, 2.45) is 5.92 Å². The SMILES string of the molecule is C=CC(=O)NCC1CC(=O)N(c2ccccc2)C1. The van der Waals surface area contributed by atoms with E-state index in [2.05, 4.69) is 11.9 Å². The fourth-order valence-electron chi connectivity index (χ4n) is 2.09. The third kappa shape index (κ3) is 2.77. The second-order valence-corrected chi connectivity index (χ2v) is 4.36. The molecule has 0 aliphatic carbocycles. The molecule has 1 aliphatic heterocycles. The van der Waals surface area contributed by atoms with Crippen molar-refractivity contribution in [2.75, 3.05) is 18.0 Å². The topological polar surface area (TPSA) is 49.4 Å². The normalized spacial score (nSPS) is 18.8. The molecule has 0 radical (unpaired) electrons. The Balaban J connectivity index is 1.95. The smallest absolute Gasteiger partial charge is 0.243 e. The van der Waals surface area contributed by atoms with Crippen LogP contribution in [0.15, 0.2) is 43.0 Å². The number of carbonyl (C=O) groups excluding carboxylic acids is 2. The van der Waals surface area contributed by atoms with Gasteiger partial charge in [-0.15, -0.1) is 0 Å². The molecule has 1 saturated heterocycles. The molecular formula is C14H16N2O2. The van der Waals surface area contributed by atoms with Gasteiger partial charge in [-0.1, -0.05) is 24.8 Å². The van der Waals surface area contributed by atoms with E-state index in [-0.39, 0.29) is 17.7 Å². The van der Waals surface area contributed by atoms with Crippen LogP contribution in [0.25, 0.3) is 0 Å². The van der Waals surface area contributed by atoms with Gasteiger partial charge in [0.05, 0.1) is 0 Å². The summed E-state index contributed by atoms with van der Waals surface area (Å²) >= 11 is 0. The number of hydrogen-bond donors (Lipinski definition) is 1. The lowest BCUT2D eigenvalue weighted by atomic mass is 10.1. The first-order chi connectivity index (χ1) is 8.70. The number of carbonyl (C=O) groups is 2. The summed E-state index contributed by atoms with van der Waals surface area (Å²) in [6.07, 6.45) is 1.72. The molecule has 2 rings (SSSR count). The minimum absolute atomic E-state index is 0.110. The highest BCUT2D eigenvalue weighted by Crippen LogP contribution is 2.24. The molecule has 4 heteroatoms. The molecule has 1 aromatic rings. The van der Waals surface area contributed by atoms with Crippen molar-refractivity contribution >= 4 is 17.5 Å². The van der Waals surface area contributed by atoms with Crippen LogP contribution in [0, 0.1) is 5.92 Å².